The first-order chi connectivity index (χ1) is 13.9. The van der Waals surface area contributed by atoms with Gasteiger partial charge >= 0.3 is 5.97 Å². The predicted molar refractivity (Wildman–Crippen MR) is 109 cm³/mol. The Morgan fingerprint density at radius 1 is 1.14 bits per heavy atom. The Hall–Kier alpha value is -2.80. The van der Waals surface area contributed by atoms with Gasteiger partial charge < -0.3 is 9.47 Å². The van der Waals surface area contributed by atoms with Crippen LogP contribution in [0.4, 0.5) is 0 Å². The highest BCUT2D eigenvalue weighted by atomic mass is 32.2. The van der Waals surface area contributed by atoms with E-state index in [9.17, 15) is 13.2 Å². The van der Waals surface area contributed by atoms with E-state index >= 15 is 0 Å². The van der Waals surface area contributed by atoms with Crippen molar-refractivity contribution in [2.24, 2.45) is 5.92 Å². The number of allylic oxidation sites excluding steroid dienone is 1. The van der Waals surface area contributed by atoms with Crippen LogP contribution in [0.15, 0.2) is 66.4 Å². The molecule has 3 atom stereocenters. The van der Waals surface area contributed by atoms with E-state index in [1.807, 2.05) is 54.6 Å². The van der Waals surface area contributed by atoms with Crippen molar-refractivity contribution in [3.05, 3.63) is 77.5 Å². The Balaban J connectivity index is 1.95. The summed E-state index contributed by atoms with van der Waals surface area (Å²) in [5.41, 5.74) is 1.81. The zero-order chi connectivity index (χ0) is 20.6. The molecule has 0 fully saturated rings. The molecule has 0 saturated carbocycles. The number of rotatable bonds is 4. The number of fused-ring (bicyclic) bond motifs is 3. The van der Waals surface area contributed by atoms with E-state index in [1.165, 1.54) is 4.31 Å². The van der Waals surface area contributed by atoms with E-state index < -0.39 is 22.0 Å². The van der Waals surface area contributed by atoms with Crippen molar-refractivity contribution in [3.63, 3.8) is 0 Å². The molecule has 0 spiro atoms. The van der Waals surface area contributed by atoms with Crippen LogP contribution in [0.25, 0.3) is 0 Å². The number of hydrogen-bond donors (Lipinski definition) is 0. The number of esters is 1. The molecule has 2 aliphatic heterocycles. The summed E-state index contributed by atoms with van der Waals surface area (Å²) >= 11 is 0. The van der Waals surface area contributed by atoms with Gasteiger partial charge in [0.05, 0.1) is 25.5 Å². The molecule has 0 amide bonds. The summed E-state index contributed by atoms with van der Waals surface area (Å²) < 4.78 is 38.1. The quantitative estimate of drug-likeness (QED) is 0.720. The van der Waals surface area contributed by atoms with Gasteiger partial charge in [-0.25, -0.2) is 13.2 Å². The second-order valence-corrected chi connectivity index (χ2v) is 9.08. The fraction of sp³-hybridized carbons (Fsp3) is 0.318. The Labute approximate surface area is 170 Å². The SMILES string of the molecule is CCOC(=O)C1=C[C@H]2c3ccccc3OC[C@H]2[C@H](c2ccccc2)N1S(C)(=O)=O. The third-order valence-corrected chi connectivity index (χ3v) is 6.53. The lowest BCUT2D eigenvalue weighted by Crippen LogP contribution is -2.47. The van der Waals surface area contributed by atoms with E-state index in [2.05, 4.69) is 0 Å². The number of carbonyl (C=O) groups excluding carboxylic acids is 1. The standard InChI is InChI=1S/C22H23NO5S/c1-3-27-22(24)19-13-17-16-11-7-8-12-20(16)28-14-18(17)21(23(19)29(2,25)26)15-9-5-4-6-10-15/h4-13,17-18,21H,3,14H2,1-2H3/t17-,18+,21-/m0/s1. The number of ether oxygens (including phenoxy) is 2. The number of para-hydroxylation sites is 1. The third-order valence-electron chi connectivity index (χ3n) is 5.39. The normalized spacial score (nSPS) is 23.3. The van der Waals surface area contributed by atoms with Crippen LogP contribution in [0.5, 0.6) is 5.75 Å². The summed E-state index contributed by atoms with van der Waals surface area (Å²) in [5.74, 6) is -0.225. The van der Waals surface area contributed by atoms with Crippen LogP contribution < -0.4 is 4.74 Å². The molecule has 2 heterocycles. The topological polar surface area (TPSA) is 72.9 Å². The summed E-state index contributed by atoms with van der Waals surface area (Å²) in [6.45, 7) is 2.21. The Kier molecular flexibility index (Phi) is 5.08. The van der Waals surface area contributed by atoms with Crippen molar-refractivity contribution in [1.82, 2.24) is 4.31 Å². The molecule has 2 aromatic carbocycles. The second kappa shape index (κ2) is 7.55. The first kappa shape index (κ1) is 19.5. The number of sulfonamides is 1. The smallest absolute Gasteiger partial charge is 0.355 e. The minimum atomic E-state index is -3.75. The lowest BCUT2D eigenvalue weighted by molar-refractivity contribution is -0.140. The first-order valence-electron chi connectivity index (χ1n) is 9.57. The average Bonchev–Trinajstić information content (AvgIpc) is 2.72. The number of hydrogen-bond acceptors (Lipinski definition) is 5. The summed E-state index contributed by atoms with van der Waals surface area (Å²) in [6.07, 6.45) is 2.85. The van der Waals surface area contributed by atoms with Gasteiger partial charge in [0.25, 0.3) is 0 Å². The van der Waals surface area contributed by atoms with Gasteiger partial charge in [0, 0.05) is 17.4 Å². The Bertz CT molecular complexity index is 1050. The van der Waals surface area contributed by atoms with Crippen LogP contribution in [0.2, 0.25) is 0 Å². The Morgan fingerprint density at radius 3 is 2.52 bits per heavy atom. The van der Waals surface area contributed by atoms with Gasteiger partial charge in [-0.1, -0.05) is 48.5 Å². The van der Waals surface area contributed by atoms with Crippen LogP contribution in [-0.4, -0.2) is 38.2 Å². The van der Waals surface area contributed by atoms with Gasteiger partial charge in [-0.05, 0) is 24.6 Å². The van der Waals surface area contributed by atoms with E-state index in [-0.39, 0.29) is 24.1 Å². The van der Waals surface area contributed by atoms with E-state index in [0.717, 1.165) is 23.1 Å². The number of benzene rings is 2. The largest absolute Gasteiger partial charge is 0.493 e. The summed E-state index contributed by atoms with van der Waals surface area (Å²) in [5, 5.41) is 0. The van der Waals surface area contributed by atoms with Crippen molar-refractivity contribution < 1.29 is 22.7 Å². The highest BCUT2D eigenvalue weighted by Crippen LogP contribution is 2.50. The molecule has 0 unspecified atom stereocenters. The monoisotopic (exact) mass is 413 g/mol. The van der Waals surface area contributed by atoms with Crippen molar-refractivity contribution >= 4 is 16.0 Å². The molecular formula is C22H23NO5S. The summed E-state index contributed by atoms with van der Waals surface area (Å²) in [4.78, 5) is 12.8. The maximum absolute atomic E-state index is 12.8. The molecule has 7 heteroatoms. The van der Waals surface area contributed by atoms with Crippen molar-refractivity contribution in [1.29, 1.82) is 0 Å². The van der Waals surface area contributed by atoms with Gasteiger partial charge in [-0.2, -0.15) is 0 Å². The minimum Gasteiger partial charge on any atom is -0.493 e. The van der Waals surface area contributed by atoms with Crippen molar-refractivity contribution in [2.75, 3.05) is 19.5 Å². The molecule has 2 aliphatic rings. The van der Waals surface area contributed by atoms with Gasteiger partial charge in [0.1, 0.15) is 11.4 Å². The summed E-state index contributed by atoms with van der Waals surface area (Å²) in [7, 11) is -3.75. The molecule has 0 radical (unpaired) electrons. The molecule has 29 heavy (non-hydrogen) atoms. The van der Waals surface area contributed by atoms with Gasteiger partial charge in [-0.3, -0.25) is 4.31 Å². The second-order valence-electron chi connectivity index (χ2n) is 7.23. The molecule has 0 saturated heterocycles. The number of carbonyl (C=O) groups is 1. The third kappa shape index (κ3) is 3.51. The van der Waals surface area contributed by atoms with Gasteiger partial charge in [0.15, 0.2) is 0 Å². The zero-order valence-corrected chi connectivity index (χ0v) is 17.1. The lowest BCUT2D eigenvalue weighted by atomic mass is 9.75. The highest BCUT2D eigenvalue weighted by molar-refractivity contribution is 7.88. The molecular weight excluding hydrogens is 390 g/mol. The van der Waals surface area contributed by atoms with E-state index in [0.29, 0.717) is 6.61 Å². The lowest BCUT2D eigenvalue weighted by Gasteiger charge is -2.46. The molecule has 0 bridgehead atoms. The molecule has 6 nitrogen and oxygen atoms in total. The Morgan fingerprint density at radius 2 is 1.83 bits per heavy atom. The van der Waals surface area contributed by atoms with E-state index in [4.69, 9.17) is 9.47 Å². The van der Waals surface area contributed by atoms with Gasteiger partial charge in [0.2, 0.25) is 10.0 Å². The van der Waals surface area contributed by atoms with Crippen molar-refractivity contribution in [3.8, 4) is 5.75 Å². The van der Waals surface area contributed by atoms with Crippen molar-refractivity contribution in [2.45, 2.75) is 18.9 Å². The molecule has 0 aliphatic carbocycles. The molecule has 0 N–H and O–H groups in total. The summed E-state index contributed by atoms with van der Waals surface area (Å²) in [6, 6.07) is 16.5. The number of nitrogens with zero attached hydrogens (tertiary/aromatic N) is 1. The van der Waals surface area contributed by atoms with Crippen LogP contribution in [-0.2, 0) is 19.6 Å². The van der Waals surface area contributed by atoms with Gasteiger partial charge in [-0.15, -0.1) is 0 Å². The molecule has 0 aromatic heterocycles. The molecule has 4 rings (SSSR count). The fourth-order valence-electron chi connectivity index (χ4n) is 4.26. The molecule has 152 valence electrons. The van der Waals surface area contributed by atoms with Crippen LogP contribution in [0.3, 0.4) is 0 Å². The maximum atomic E-state index is 12.8. The predicted octanol–water partition coefficient (Wildman–Crippen LogP) is 3.24. The van der Waals surface area contributed by atoms with E-state index in [1.54, 1.807) is 13.0 Å². The first-order valence-corrected chi connectivity index (χ1v) is 11.4. The van der Waals surface area contributed by atoms with Crippen LogP contribution in [0.1, 0.15) is 30.0 Å². The highest BCUT2D eigenvalue weighted by Gasteiger charge is 2.48. The van der Waals surface area contributed by atoms with Crippen LogP contribution in [0, 0.1) is 5.92 Å². The van der Waals surface area contributed by atoms with Crippen LogP contribution >= 0.6 is 0 Å². The average molecular weight is 413 g/mol. The zero-order valence-electron chi connectivity index (χ0n) is 16.3. The maximum Gasteiger partial charge on any atom is 0.355 e. The minimum absolute atomic E-state index is 0.0566. The fourth-order valence-corrected chi connectivity index (χ4v) is 5.44. The molecule has 2 aromatic rings.